The molecule has 2 nitrogen and oxygen atoms in total. The monoisotopic (exact) mass is 260 g/mol. The first-order valence-electron chi connectivity index (χ1n) is 5.15. The molecule has 14 heavy (non-hydrogen) atoms. The first-order valence-corrected chi connectivity index (χ1v) is 6.27. The highest BCUT2D eigenvalue weighted by Gasteiger charge is 2.72. The first kappa shape index (κ1) is 10.5. The molecule has 0 aromatic heterocycles. The van der Waals surface area contributed by atoms with E-state index in [2.05, 4.69) is 29.8 Å². The van der Waals surface area contributed by atoms with Crippen molar-refractivity contribution >= 4 is 21.9 Å². The van der Waals surface area contributed by atoms with Gasteiger partial charge in [-0.3, -0.25) is 4.79 Å². The summed E-state index contributed by atoms with van der Waals surface area (Å²) in [7, 11) is 1.49. The van der Waals surface area contributed by atoms with Crippen molar-refractivity contribution in [2.24, 2.45) is 22.7 Å². The molecule has 0 N–H and O–H groups in total. The van der Waals surface area contributed by atoms with Gasteiger partial charge in [-0.2, -0.15) is 0 Å². The summed E-state index contributed by atoms with van der Waals surface area (Å²) in [6.07, 6.45) is 2.35. The number of carbonyl (C=O) groups excluding carboxylic acids is 1. The summed E-state index contributed by atoms with van der Waals surface area (Å²) in [5.41, 5.74) is 0.458. The summed E-state index contributed by atoms with van der Waals surface area (Å²) in [6.45, 7) is 4.53. The molecule has 3 fully saturated rings. The Kier molecular flexibility index (Phi) is 2.22. The van der Waals surface area contributed by atoms with Crippen LogP contribution in [-0.4, -0.2) is 18.4 Å². The molecule has 3 aliphatic carbocycles. The van der Waals surface area contributed by atoms with E-state index < -0.39 is 0 Å². The lowest BCUT2D eigenvalue weighted by Gasteiger charge is -2.59. The summed E-state index contributed by atoms with van der Waals surface area (Å²) >= 11 is 3.58. The third-order valence-corrected chi connectivity index (χ3v) is 6.08. The van der Waals surface area contributed by atoms with Crippen molar-refractivity contribution in [1.82, 2.24) is 0 Å². The van der Waals surface area contributed by atoms with E-state index in [1.54, 1.807) is 0 Å². The molecule has 0 radical (unpaired) electrons. The number of alkyl halides is 1. The van der Waals surface area contributed by atoms with Crippen LogP contribution in [0.2, 0.25) is 0 Å². The highest BCUT2D eigenvalue weighted by Crippen LogP contribution is 2.74. The van der Waals surface area contributed by atoms with Gasteiger partial charge in [-0.15, -0.1) is 0 Å². The van der Waals surface area contributed by atoms with E-state index in [-0.39, 0.29) is 17.3 Å². The van der Waals surface area contributed by atoms with Crippen molar-refractivity contribution in [1.29, 1.82) is 0 Å². The Morgan fingerprint density at radius 3 is 2.57 bits per heavy atom. The number of hydrogen-bond acceptors (Lipinski definition) is 2. The minimum Gasteiger partial charge on any atom is -0.469 e. The fourth-order valence-corrected chi connectivity index (χ4v) is 4.74. The van der Waals surface area contributed by atoms with Gasteiger partial charge in [0, 0.05) is 5.33 Å². The van der Waals surface area contributed by atoms with Crippen molar-refractivity contribution in [3.8, 4) is 0 Å². The Bertz CT molecular complexity index is 278. The molecule has 0 saturated heterocycles. The molecule has 0 aliphatic heterocycles. The molecule has 0 spiro atoms. The van der Waals surface area contributed by atoms with E-state index in [4.69, 9.17) is 4.74 Å². The van der Waals surface area contributed by atoms with Crippen molar-refractivity contribution in [2.75, 3.05) is 12.4 Å². The Morgan fingerprint density at radius 1 is 1.57 bits per heavy atom. The van der Waals surface area contributed by atoms with Crippen LogP contribution in [0.3, 0.4) is 0 Å². The number of hydrogen-bond donors (Lipinski definition) is 0. The molecule has 2 bridgehead atoms. The molecule has 3 aliphatic rings. The zero-order valence-electron chi connectivity index (χ0n) is 8.97. The standard InChI is InChI=1S/C11H17BrO2/c1-10-5-4-7(11(10,2)6-12)8(10)9(13)14-3/h7-8H,4-6H2,1-3H3/t7-,8+,10+,11-/m0/s1. The normalized spacial score (nSPS) is 50.0. The van der Waals surface area contributed by atoms with Crippen LogP contribution in [0.1, 0.15) is 26.7 Å². The van der Waals surface area contributed by atoms with E-state index in [1.807, 2.05) is 0 Å². The predicted molar refractivity (Wildman–Crippen MR) is 58.2 cm³/mol. The highest BCUT2D eigenvalue weighted by molar-refractivity contribution is 9.09. The maximum Gasteiger partial charge on any atom is 0.309 e. The Morgan fingerprint density at radius 2 is 2.21 bits per heavy atom. The molecule has 0 unspecified atom stereocenters. The smallest absolute Gasteiger partial charge is 0.309 e. The Balaban J connectivity index is 2.26. The molecule has 80 valence electrons. The summed E-state index contributed by atoms with van der Waals surface area (Å²) in [6, 6.07) is 0. The van der Waals surface area contributed by atoms with Crippen LogP contribution in [0.4, 0.5) is 0 Å². The third-order valence-electron chi connectivity index (χ3n) is 4.92. The summed E-state index contributed by atoms with van der Waals surface area (Å²) in [5, 5.41) is 0.995. The predicted octanol–water partition coefficient (Wildman–Crippen LogP) is 2.61. The minimum atomic E-state index is -0.00609. The summed E-state index contributed by atoms with van der Waals surface area (Å²) in [4.78, 5) is 11.6. The van der Waals surface area contributed by atoms with Gasteiger partial charge in [0.25, 0.3) is 0 Å². The minimum absolute atomic E-state index is 0.00609. The van der Waals surface area contributed by atoms with E-state index in [0.717, 1.165) is 5.33 Å². The number of carbonyl (C=O) groups is 1. The summed E-state index contributed by atoms with van der Waals surface area (Å²) < 4.78 is 4.88. The third kappa shape index (κ3) is 0.898. The van der Waals surface area contributed by atoms with Crippen LogP contribution in [0.25, 0.3) is 0 Å². The van der Waals surface area contributed by atoms with Crippen LogP contribution in [0, 0.1) is 22.7 Å². The number of fused-ring (bicyclic) bond motifs is 1. The molecule has 4 atom stereocenters. The SMILES string of the molecule is COC(=O)[C@H]1[C@@H]2CC[C@@]1(C)[C@@]2(C)CBr. The number of halogens is 1. The van der Waals surface area contributed by atoms with Gasteiger partial charge in [0.15, 0.2) is 0 Å². The molecule has 0 aromatic carbocycles. The zero-order valence-corrected chi connectivity index (χ0v) is 10.6. The second kappa shape index (κ2) is 2.97. The fraction of sp³-hybridized carbons (Fsp3) is 0.909. The van der Waals surface area contributed by atoms with Gasteiger partial charge in [0.05, 0.1) is 13.0 Å². The van der Waals surface area contributed by atoms with Crippen molar-refractivity contribution < 1.29 is 9.53 Å². The molecule has 0 amide bonds. The highest BCUT2D eigenvalue weighted by atomic mass is 79.9. The average molecular weight is 261 g/mol. The maximum atomic E-state index is 11.6. The van der Waals surface area contributed by atoms with Crippen molar-refractivity contribution in [2.45, 2.75) is 26.7 Å². The molecule has 3 heteroatoms. The molecule has 3 saturated carbocycles. The first-order chi connectivity index (χ1) is 6.51. The van der Waals surface area contributed by atoms with Crippen LogP contribution in [0.5, 0.6) is 0 Å². The van der Waals surface area contributed by atoms with Gasteiger partial charge in [-0.05, 0) is 29.6 Å². The van der Waals surface area contributed by atoms with Gasteiger partial charge in [0.1, 0.15) is 0 Å². The summed E-state index contributed by atoms with van der Waals surface area (Å²) in [5.74, 6) is 0.669. The second-order valence-corrected chi connectivity index (χ2v) is 5.68. The van der Waals surface area contributed by atoms with Gasteiger partial charge in [-0.1, -0.05) is 29.8 Å². The lowest BCUT2D eigenvalue weighted by Crippen LogP contribution is -2.60. The Hall–Kier alpha value is -0.0500. The van der Waals surface area contributed by atoms with Gasteiger partial charge in [-0.25, -0.2) is 0 Å². The maximum absolute atomic E-state index is 11.6. The fourth-order valence-electron chi connectivity index (χ4n) is 3.68. The number of rotatable bonds is 2. The quantitative estimate of drug-likeness (QED) is 0.564. The largest absolute Gasteiger partial charge is 0.469 e. The second-order valence-electron chi connectivity index (χ2n) is 5.11. The lowest BCUT2D eigenvalue weighted by atomic mass is 9.45. The molecule has 0 aromatic rings. The van der Waals surface area contributed by atoms with Crippen molar-refractivity contribution in [3.63, 3.8) is 0 Å². The van der Waals surface area contributed by atoms with Gasteiger partial charge >= 0.3 is 5.97 Å². The van der Waals surface area contributed by atoms with Crippen LogP contribution in [0.15, 0.2) is 0 Å². The Labute approximate surface area is 93.5 Å². The number of methoxy groups -OCH3 is 1. The van der Waals surface area contributed by atoms with E-state index in [9.17, 15) is 4.79 Å². The van der Waals surface area contributed by atoms with Crippen LogP contribution in [-0.2, 0) is 9.53 Å². The van der Waals surface area contributed by atoms with Gasteiger partial charge in [0.2, 0.25) is 0 Å². The topological polar surface area (TPSA) is 26.3 Å². The van der Waals surface area contributed by atoms with Gasteiger partial charge < -0.3 is 4.74 Å². The number of ether oxygens (including phenoxy) is 1. The molecular formula is C11H17BrO2. The average Bonchev–Trinajstić information content (AvgIpc) is 2.67. The van der Waals surface area contributed by atoms with Crippen molar-refractivity contribution in [3.05, 3.63) is 0 Å². The van der Waals surface area contributed by atoms with E-state index >= 15 is 0 Å². The number of esters is 1. The van der Waals surface area contributed by atoms with Crippen LogP contribution >= 0.6 is 15.9 Å². The van der Waals surface area contributed by atoms with E-state index in [1.165, 1.54) is 20.0 Å². The van der Waals surface area contributed by atoms with E-state index in [0.29, 0.717) is 11.3 Å². The molecule has 3 rings (SSSR count). The zero-order chi connectivity index (χ0) is 10.6. The molecule has 0 heterocycles. The van der Waals surface area contributed by atoms with Crippen LogP contribution < -0.4 is 0 Å². The molecular weight excluding hydrogens is 244 g/mol. The lowest BCUT2D eigenvalue weighted by molar-refractivity contribution is -0.179.